The first kappa shape index (κ1) is 15.9. The first-order valence-corrected chi connectivity index (χ1v) is 6.66. The van der Waals surface area contributed by atoms with Crippen molar-refractivity contribution < 1.29 is 17.6 Å². The molecule has 0 aliphatic carbocycles. The molecule has 0 spiro atoms. The van der Waals surface area contributed by atoms with Crippen molar-refractivity contribution in [2.24, 2.45) is 0 Å². The summed E-state index contributed by atoms with van der Waals surface area (Å²) in [5.74, 6) is 0. The lowest BCUT2D eigenvalue weighted by molar-refractivity contribution is -0.136. The van der Waals surface area contributed by atoms with Gasteiger partial charge in [-0.15, -0.1) is 0 Å². The normalized spacial score (nSPS) is 11.5. The van der Waals surface area contributed by atoms with Gasteiger partial charge in [0.15, 0.2) is 5.56 Å². The van der Waals surface area contributed by atoms with E-state index >= 15 is 0 Å². The van der Waals surface area contributed by atoms with Crippen LogP contribution in [0, 0.1) is 11.3 Å². The molecule has 0 saturated heterocycles. The zero-order valence-corrected chi connectivity index (χ0v) is 12.0. The van der Waals surface area contributed by atoms with Gasteiger partial charge in [-0.2, -0.15) is 18.4 Å². The van der Waals surface area contributed by atoms with Crippen LogP contribution < -0.4 is 10.5 Å². The molecule has 0 radical (unpaired) electrons. The number of halogens is 3. The van der Waals surface area contributed by atoms with Gasteiger partial charge in [0, 0.05) is 30.2 Å². The Morgan fingerprint density at radius 2 is 1.91 bits per heavy atom. The average Bonchev–Trinajstić information content (AvgIpc) is 2.45. The maximum Gasteiger partial charge on any atom is 0.418 e. The summed E-state index contributed by atoms with van der Waals surface area (Å²) in [6.07, 6.45) is -4.81. The van der Waals surface area contributed by atoms with E-state index in [1.807, 2.05) is 18.7 Å². The number of hydrogen-bond acceptors (Lipinski definition) is 4. The van der Waals surface area contributed by atoms with Crippen molar-refractivity contribution in [3.63, 3.8) is 0 Å². The minimum absolute atomic E-state index is 0.180. The lowest BCUT2D eigenvalue weighted by Crippen LogP contribution is -2.22. The second kappa shape index (κ2) is 5.72. The van der Waals surface area contributed by atoms with Crippen LogP contribution in [-0.2, 0) is 6.18 Å². The van der Waals surface area contributed by atoms with Gasteiger partial charge in [0.2, 0.25) is 0 Å². The molecule has 0 aliphatic heterocycles. The molecule has 116 valence electrons. The smallest absolute Gasteiger partial charge is 0.418 e. The van der Waals surface area contributed by atoms with Crippen LogP contribution >= 0.6 is 0 Å². The Labute approximate surface area is 124 Å². The Balaban J connectivity index is 2.83. The van der Waals surface area contributed by atoms with Crippen molar-refractivity contribution in [1.29, 1.82) is 5.26 Å². The second-order valence-corrected chi connectivity index (χ2v) is 4.60. The van der Waals surface area contributed by atoms with E-state index < -0.39 is 22.9 Å². The fraction of sp³-hybridized carbons (Fsp3) is 0.333. The third-order valence-electron chi connectivity index (χ3n) is 3.42. The SMILES string of the molecule is CCN(CC)c1ccc2c(C(F)(F)F)c(C#N)c(=O)oc2c1. The largest absolute Gasteiger partial charge is 0.422 e. The minimum Gasteiger partial charge on any atom is -0.422 e. The third kappa shape index (κ3) is 2.64. The summed E-state index contributed by atoms with van der Waals surface area (Å²) in [5, 5.41) is 8.53. The molecule has 1 aromatic heterocycles. The molecule has 0 bridgehead atoms. The molecule has 7 heteroatoms. The fourth-order valence-electron chi connectivity index (χ4n) is 2.37. The Hall–Kier alpha value is -2.49. The van der Waals surface area contributed by atoms with E-state index in [0.717, 1.165) is 0 Å². The predicted octanol–water partition coefficient (Wildman–Crippen LogP) is 3.53. The number of nitrogens with zero attached hydrogens (tertiary/aromatic N) is 2. The molecule has 0 unspecified atom stereocenters. The molecule has 0 atom stereocenters. The topological polar surface area (TPSA) is 57.2 Å². The van der Waals surface area contributed by atoms with Gasteiger partial charge in [-0.05, 0) is 26.0 Å². The van der Waals surface area contributed by atoms with Crippen LogP contribution in [0.4, 0.5) is 18.9 Å². The first-order valence-electron chi connectivity index (χ1n) is 6.66. The molecular weight excluding hydrogens is 297 g/mol. The van der Waals surface area contributed by atoms with Gasteiger partial charge < -0.3 is 9.32 Å². The van der Waals surface area contributed by atoms with Crippen molar-refractivity contribution in [3.8, 4) is 6.07 Å². The number of benzene rings is 1. The molecule has 0 N–H and O–H groups in total. The van der Waals surface area contributed by atoms with Gasteiger partial charge in [0.1, 0.15) is 11.7 Å². The van der Waals surface area contributed by atoms with E-state index in [1.54, 1.807) is 0 Å². The van der Waals surface area contributed by atoms with Crippen molar-refractivity contribution in [2.45, 2.75) is 20.0 Å². The Bertz CT molecular complexity index is 799. The standard InChI is InChI=1S/C15H13F3N2O2/c1-3-20(4-2)9-5-6-10-12(7-9)22-14(21)11(8-19)13(10)15(16,17)18/h5-7H,3-4H2,1-2H3. The van der Waals surface area contributed by atoms with Crippen molar-refractivity contribution >= 4 is 16.7 Å². The van der Waals surface area contributed by atoms with E-state index in [1.165, 1.54) is 24.3 Å². The average molecular weight is 310 g/mol. The third-order valence-corrected chi connectivity index (χ3v) is 3.42. The Morgan fingerprint density at radius 3 is 2.41 bits per heavy atom. The van der Waals surface area contributed by atoms with Crippen LogP contribution in [0.2, 0.25) is 0 Å². The summed E-state index contributed by atoms with van der Waals surface area (Å²) in [5.41, 5.74) is -3.07. The highest BCUT2D eigenvalue weighted by Gasteiger charge is 2.38. The van der Waals surface area contributed by atoms with Crippen molar-refractivity contribution in [2.75, 3.05) is 18.0 Å². The maximum absolute atomic E-state index is 13.2. The summed E-state index contributed by atoms with van der Waals surface area (Å²) >= 11 is 0. The molecule has 1 heterocycles. The van der Waals surface area contributed by atoms with Gasteiger partial charge in [0.25, 0.3) is 0 Å². The molecule has 2 aromatic rings. The van der Waals surface area contributed by atoms with Gasteiger partial charge in [-0.1, -0.05) is 0 Å². The predicted molar refractivity (Wildman–Crippen MR) is 75.8 cm³/mol. The lowest BCUT2D eigenvalue weighted by atomic mass is 10.0. The number of rotatable bonds is 3. The number of fused-ring (bicyclic) bond motifs is 1. The molecule has 0 saturated carbocycles. The summed E-state index contributed by atoms with van der Waals surface area (Å²) < 4.78 is 44.5. The van der Waals surface area contributed by atoms with Crippen LogP contribution in [0.25, 0.3) is 11.0 Å². The monoisotopic (exact) mass is 310 g/mol. The molecular formula is C15H13F3N2O2. The Kier molecular flexibility index (Phi) is 4.13. The van der Waals surface area contributed by atoms with E-state index in [2.05, 4.69) is 0 Å². The van der Waals surface area contributed by atoms with Gasteiger partial charge in [-0.3, -0.25) is 0 Å². The lowest BCUT2D eigenvalue weighted by Gasteiger charge is -2.21. The second-order valence-electron chi connectivity index (χ2n) is 4.60. The van der Waals surface area contributed by atoms with E-state index in [-0.39, 0.29) is 11.0 Å². The molecule has 22 heavy (non-hydrogen) atoms. The van der Waals surface area contributed by atoms with E-state index in [0.29, 0.717) is 18.8 Å². The van der Waals surface area contributed by atoms with Gasteiger partial charge in [0.05, 0.1) is 5.56 Å². The maximum atomic E-state index is 13.2. The fourth-order valence-corrected chi connectivity index (χ4v) is 2.37. The molecule has 0 fully saturated rings. The van der Waals surface area contributed by atoms with Crippen LogP contribution in [0.3, 0.4) is 0 Å². The molecule has 4 nitrogen and oxygen atoms in total. The summed E-state index contributed by atoms with van der Waals surface area (Å²) in [6.45, 7) is 5.14. The molecule has 0 aliphatic rings. The zero-order valence-electron chi connectivity index (χ0n) is 12.0. The number of hydrogen-bond donors (Lipinski definition) is 0. The summed E-state index contributed by atoms with van der Waals surface area (Å²) in [4.78, 5) is 13.6. The Morgan fingerprint density at radius 1 is 1.27 bits per heavy atom. The van der Waals surface area contributed by atoms with Crippen molar-refractivity contribution in [3.05, 3.63) is 39.7 Å². The van der Waals surface area contributed by atoms with Gasteiger partial charge in [-0.25, -0.2) is 4.79 Å². The highest BCUT2D eigenvalue weighted by Crippen LogP contribution is 2.37. The van der Waals surface area contributed by atoms with E-state index in [9.17, 15) is 18.0 Å². The van der Waals surface area contributed by atoms with Crippen LogP contribution in [0.5, 0.6) is 0 Å². The summed E-state index contributed by atoms with van der Waals surface area (Å²) in [7, 11) is 0. The van der Waals surface area contributed by atoms with Crippen LogP contribution in [-0.4, -0.2) is 13.1 Å². The van der Waals surface area contributed by atoms with Crippen molar-refractivity contribution in [1.82, 2.24) is 0 Å². The van der Waals surface area contributed by atoms with Crippen LogP contribution in [0.15, 0.2) is 27.4 Å². The van der Waals surface area contributed by atoms with Crippen LogP contribution in [0.1, 0.15) is 25.0 Å². The number of nitriles is 1. The highest BCUT2D eigenvalue weighted by molar-refractivity contribution is 5.85. The molecule has 1 aromatic carbocycles. The van der Waals surface area contributed by atoms with Gasteiger partial charge >= 0.3 is 11.8 Å². The zero-order chi connectivity index (χ0) is 16.5. The van der Waals surface area contributed by atoms with E-state index in [4.69, 9.17) is 9.68 Å². The molecule has 2 rings (SSSR count). The highest BCUT2D eigenvalue weighted by atomic mass is 19.4. The quantitative estimate of drug-likeness (QED) is 0.814. The minimum atomic E-state index is -4.81. The number of anilines is 1. The first-order chi connectivity index (χ1) is 10.3. The number of alkyl halides is 3. The summed E-state index contributed by atoms with van der Waals surface area (Å²) in [6, 6.07) is 5.43. The molecule has 0 amide bonds.